The van der Waals surface area contributed by atoms with Crippen LogP contribution in [0.4, 0.5) is 4.79 Å². The zero-order valence-corrected chi connectivity index (χ0v) is 17.4. The minimum absolute atomic E-state index is 0.00487. The third kappa shape index (κ3) is 4.71. The van der Waals surface area contributed by atoms with Crippen molar-refractivity contribution in [3.05, 3.63) is 59.7 Å². The molecule has 0 saturated heterocycles. The highest BCUT2D eigenvalue weighted by molar-refractivity contribution is 5.83. The first-order valence-electron chi connectivity index (χ1n) is 10.6. The van der Waals surface area contributed by atoms with Crippen LogP contribution < -0.4 is 5.32 Å². The second-order valence-electron chi connectivity index (χ2n) is 8.22. The first-order valence-corrected chi connectivity index (χ1v) is 10.6. The molecule has 0 aromatic heterocycles. The zero-order valence-electron chi connectivity index (χ0n) is 17.4. The number of nitrogens with one attached hydrogen (secondary N) is 1. The third-order valence-electron chi connectivity index (χ3n) is 5.80. The first kappa shape index (κ1) is 20.9. The van der Waals surface area contributed by atoms with Gasteiger partial charge in [0.25, 0.3) is 0 Å². The maximum atomic E-state index is 12.5. The molecule has 0 heterocycles. The Bertz CT molecular complexity index is 955. The van der Waals surface area contributed by atoms with E-state index < -0.39 is 18.1 Å². The fraction of sp³-hybridized carbons (Fsp3) is 0.375. The molecule has 0 aliphatic heterocycles. The lowest BCUT2D eigenvalue weighted by atomic mass is 9.98. The monoisotopic (exact) mass is 422 g/mol. The van der Waals surface area contributed by atoms with E-state index in [1.54, 1.807) is 6.92 Å². The minimum atomic E-state index is -1.03. The van der Waals surface area contributed by atoms with E-state index >= 15 is 0 Å². The number of ether oxygens (including phenoxy) is 1. The summed E-state index contributed by atoms with van der Waals surface area (Å²) in [7, 11) is 0. The molecule has 1 unspecified atom stereocenters. The summed E-state index contributed by atoms with van der Waals surface area (Å²) in [6, 6.07) is 15.8. The van der Waals surface area contributed by atoms with E-state index in [2.05, 4.69) is 29.6 Å². The van der Waals surface area contributed by atoms with E-state index in [1.165, 1.54) is 4.90 Å². The summed E-state index contributed by atoms with van der Waals surface area (Å²) in [4.78, 5) is 37.2. The Morgan fingerprint density at radius 2 is 1.65 bits per heavy atom. The van der Waals surface area contributed by atoms with Crippen LogP contribution in [0.2, 0.25) is 0 Å². The maximum absolute atomic E-state index is 12.5. The van der Waals surface area contributed by atoms with E-state index in [4.69, 9.17) is 9.84 Å². The number of carbonyl (C=O) groups excluding carboxylic acids is 2. The molecule has 0 radical (unpaired) electrons. The van der Waals surface area contributed by atoms with Crippen molar-refractivity contribution in [2.45, 2.75) is 44.2 Å². The Kier molecular flexibility index (Phi) is 5.93. The van der Waals surface area contributed by atoms with E-state index in [1.807, 2.05) is 24.3 Å². The van der Waals surface area contributed by atoms with E-state index in [-0.39, 0.29) is 37.4 Å². The zero-order chi connectivity index (χ0) is 22.0. The predicted molar refractivity (Wildman–Crippen MR) is 115 cm³/mol. The number of fused-ring (bicyclic) bond motifs is 3. The number of carbonyl (C=O) groups is 3. The molecule has 2 amide bonds. The molecule has 2 aliphatic rings. The molecule has 31 heavy (non-hydrogen) atoms. The van der Waals surface area contributed by atoms with Crippen LogP contribution in [0.5, 0.6) is 0 Å². The van der Waals surface area contributed by atoms with Gasteiger partial charge >= 0.3 is 12.1 Å². The Hall–Kier alpha value is -3.35. The fourth-order valence-corrected chi connectivity index (χ4v) is 4.22. The molecule has 0 bridgehead atoms. The quantitative estimate of drug-likeness (QED) is 0.680. The highest BCUT2D eigenvalue weighted by atomic mass is 16.5. The SMILES string of the molecule is CC(CC(=O)N(CC(=O)O)C1CC1)NC(=O)OCC1c2ccccc2-c2ccccc21. The highest BCUT2D eigenvalue weighted by Crippen LogP contribution is 2.44. The van der Waals surface area contributed by atoms with Crippen LogP contribution in [-0.2, 0) is 14.3 Å². The fourth-order valence-electron chi connectivity index (χ4n) is 4.22. The number of rotatable bonds is 8. The van der Waals surface area contributed by atoms with Crippen LogP contribution in [0.25, 0.3) is 11.1 Å². The van der Waals surface area contributed by atoms with Crippen molar-refractivity contribution in [3.8, 4) is 11.1 Å². The average molecular weight is 422 g/mol. The Morgan fingerprint density at radius 1 is 1.06 bits per heavy atom. The van der Waals surface area contributed by atoms with Gasteiger partial charge in [0.2, 0.25) is 5.91 Å². The summed E-state index contributed by atoms with van der Waals surface area (Å²) in [6.45, 7) is 1.61. The van der Waals surface area contributed by atoms with Crippen molar-refractivity contribution in [2.24, 2.45) is 0 Å². The molecule has 7 nitrogen and oxygen atoms in total. The van der Waals surface area contributed by atoms with Gasteiger partial charge in [0, 0.05) is 24.4 Å². The maximum Gasteiger partial charge on any atom is 0.407 e. The number of nitrogens with zero attached hydrogens (tertiary/aromatic N) is 1. The van der Waals surface area contributed by atoms with E-state index in [0.29, 0.717) is 0 Å². The molecule has 2 N–H and O–H groups in total. The largest absolute Gasteiger partial charge is 0.480 e. The smallest absolute Gasteiger partial charge is 0.407 e. The second-order valence-corrected chi connectivity index (χ2v) is 8.22. The summed E-state index contributed by atoms with van der Waals surface area (Å²) >= 11 is 0. The number of alkyl carbamates (subject to hydrolysis) is 1. The molecular formula is C24H26N2O5. The summed E-state index contributed by atoms with van der Waals surface area (Å²) in [5.41, 5.74) is 4.58. The van der Waals surface area contributed by atoms with Gasteiger partial charge in [0.05, 0.1) is 0 Å². The molecule has 2 aliphatic carbocycles. The molecule has 0 spiro atoms. The standard InChI is InChI=1S/C24H26N2O5/c1-15(12-22(27)26(13-23(28)29)16-10-11-16)25-24(30)31-14-21-19-8-4-2-6-17(19)18-7-3-5-9-20(18)21/h2-9,15-16,21H,10-14H2,1H3,(H,25,30)(H,28,29). The molecule has 162 valence electrons. The van der Waals surface area contributed by atoms with Gasteiger partial charge in [-0.1, -0.05) is 48.5 Å². The van der Waals surface area contributed by atoms with E-state index in [9.17, 15) is 14.4 Å². The van der Waals surface area contributed by atoms with Gasteiger partial charge in [0.1, 0.15) is 13.2 Å². The summed E-state index contributed by atoms with van der Waals surface area (Å²) < 4.78 is 5.51. The van der Waals surface area contributed by atoms with Crippen molar-refractivity contribution in [3.63, 3.8) is 0 Å². The molecule has 1 saturated carbocycles. The van der Waals surface area contributed by atoms with Crippen molar-refractivity contribution >= 4 is 18.0 Å². The van der Waals surface area contributed by atoms with Gasteiger partial charge in [0.15, 0.2) is 0 Å². The number of carboxylic acids is 1. The average Bonchev–Trinajstić information content (AvgIpc) is 3.53. The number of hydrogen-bond acceptors (Lipinski definition) is 4. The van der Waals surface area contributed by atoms with Gasteiger partial charge in [-0.3, -0.25) is 9.59 Å². The lowest BCUT2D eigenvalue weighted by Crippen LogP contribution is -2.42. The molecule has 2 aromatic carbocycles. The van der Waals surface area contributed by atoms with Crippen LogP contribution in [0, 0.1) is 0 Å². The Labute approximate surface area is 181 Å². The third-order valence-corrected chi connectivity index (χ3v) is 5.80. The van der Waals surface area contributed by atoms with E-state index in [0.717, 1.165) is 35.1 Å². The van der Waals surface area contributed by atoms with Crippen molar-refractivity contribution < 1.29 is 24.2 Å². The highest BCUT2D eigenvalue weighted by Gasteiger charge is 2.34. The molecule has 2 aromatic rings. The molecule has 4 rings (SSSR count). The lowest BCUT2D eigenvalue weighted by Gasteiger charge is -2.23. The molecule has 7 heteroatoms. The van der Waals surface area contributed by atoms with Gasteiger partial charge in [-0.05, 0) is 42.0 Å². The number of carboxylic acid groups (broad SMARTS) is 1. The van der Waals surface area contributed by atoms with Gasteiger partial charge < -0.3 is 20.1 Å². The van der Waals surface area contributed by atoms with Crippen molar-refractivity contribution in [1.82, 2.24) is 10.2 Å². The number of benzene rings is 2. The van der Waals surface area contributed by atoms with Crippen LogP contribution >= 0.6 is 0 Å². The normalized spacial score (nSPS) is 15.5. The van der Waals surface area contributed by atoms with Crippen LogP contribution in [0.3, 0.4) is 0 Å². The summed E-state index contributed by atoms with van der Waals surface area (Å²) in [6.07, 6.45) is 1.10. The number of amides is 2. The van der Waals surface area contributed by atoms with Crippen LogP contribution in [-0.4, -0.2) is 53.2 Å². The molecular weight excluding hydrogens is 396 g/mol. The second kappa shape index (κ2) is 8.79. The van der Waals surface area contributed by atoms with Gasteiger partial charge in [-0.25, -0.2) is 4.79 Å². The molecule has 1 atom stereocenters. The Morgan fingerprint density at radius 3 is 2.19 bits per heavy atom. The number of aliphatic carboxylic acids is 1. The minimum Gasteiger partial charge on any atom is -0.480 e. The topological polar surface area (TPSA) is 95.9 Å². The van der Waals surface area contributed by atoms with Gasteiger partial charge in [-0.15, -0.1) is 0 Å². The lowest BCUT2D eigenvalue weighted by molar-refractivity contribution is -0.145. The molecule has 1 fully saturated rings. The van der Waals surface area contributed by atoms with Crippen molar-refractivity contribution in [2.75, 3.05) is 13.2 Å². The van der Waals surface area contributed by atoms with Gasteiger partial charge in [-0.2, -0.15) is 0 Å². The number of hydrogen-bond donors (Lipinski definition) is 2. The van der Waals surface area contributed by atoms with Crippen LogP contribution in [0.1, 0.15) is 43.2 Å². The predicted octanol–water partition coefficient (Wildman–Crippen LogP) is 3.38. The summed E-state index contributed by atoms with van der Waals surface area (Å²) in [5, 5.41) is 11.7. The van der Waals surface area contributed by atoms with Crippen molar-refractivity contribution in [1.29, 1.82) is 0 Å². The Balaban J connectivity index is 1.32. The summed E-state index contributed by atoms with van der Waals surface area (Å²) in [5.74, 6) is -1.33. The van der Waals surface area contributed by atoms with Crippen LogP contribution in [0.15, 0.2) is 48.5 Å². The first-order chi connectivity index (χ1) is 14.9.